The number of hydrogen-bond acceptors (Lipinski definition) is 3. The third kappa shape index (κ3) is 3.44. The minimum absolute atomic E-state index is 0.734. The Bertz CT molecular complexity index is 190. The maximum absolute atomic E-state index is 5.57. The number of hydrogen-bond donors (Lipinski definition) is 1. The summed E-state index contributed by atoms with van der Waals surface area (Å²) in [5.74, 6) is 0.931. The van der Waals surface area contributed by atoms with Crippen LogP contribution in [0.2, 0.25) is 0 Å². The van der Waals surface area contributed by atoms with Gasteiger partial charge in [-0.2, -0.15) is 0 Å². The molecule has 3 nitrogen and oxygen atoms in total. The standard InChI is InChI=1S/C13H26N2O/c1-2-3-9-16-10-6-14-13-11-15-7-4-12(13)5-8-15/h12-14H,2-11H2,1H3. The number of nitrogens with zero attached hydrogens (tertiary/aromatic N) is 1. The van der Waals surface area contributed by atoms with Crippen LogP contribution in [0.25, 0.3) is 0 Å². The lowest BCUT2D eigenvalue weighted by atomic mass is 9.84. The lowest BCUT2D eigenvalue weighted by Crippen LogP contribution is -2.56. The molecule has 0 aliphatic carbocycles. The van der Waals surface area contributed by atoms with E-state index in [-0.39, 0.29) is 0 Å². The van der Waals surface area contributed by atoms with E-state index < -0.39 is 0 Å². The fourth-order valence-corrected chi connectivity index (χ4v) is 2.86. The Morgan fingerprint density at radius 1 is 1.25 bits per heavy atom. The van der Waals surface area contributed by atoms with Crippen molar-refractivity contribution < 1.29 is 4.74 Å². The summed E-state index contributed by atoms with van der Waals surface area (Å²) in [4.78, 5) is 2.59. The molecule has 3 heteroatoms. The van der Waals surface area contributed by atoms with Gasteiger partial charge < -0.3 is 15.0 Å². The summed E-state index contributed by atoms with van der Waals surface area (Å²) in [6.45, 7) is 8.96. The van der Waals surface area contributed by atoms with Crippen molar-refractivity contribution in [1.82, 2.24) is 10.2 Å². The van der Waals surface area contributed by atoms with Crippen LogP contribution in [0.1, 0.15) is 32.6 Å². The van der Waals surface area contributed by atoms with E-state index >= 15 is 0 Å². The average Bonchev–Trinajstić information content (AvgIpc) is 2.35. The van der Waals surface area contributed by atoms with Crippen molar-refractivity contribution in [2.24, 2.45) is 5.92 Å². The molecule has 3 aliphatic rings. The molecule has 0 aromatic rings. The van der Waals surface area contributed by atoms with E-state index in [1.165, 1.54) is 45.3 Å². The molecule has 0 aromatic carbocycles. The van der Waals surface area contributed by atoms with Gasteiger partial charge in [-0.15, -0.1) is 0 Å². The van der Waals surface area contributed by atoms with Crippen molar-refractivity contribution in [2.45, 2.75) is 38.6 Å². The summed E-state index contributed by atoms with van der Waals surface area (Å²) in [5.41, 5.74) is 0. The Morgan fingerprint density at radius 2 is 2.06 bits per heavy atom. The minimum atomic E-state index is 0.734. The second kappa shape index (κ2) is 6.58. The van der Waals surface area contributed by atoms with Crippen LogP contribution >= 0.6 is 0 Å². The van der Waals surface area contributed by atoms with Crippen LogP contribution in [0, 0.1) is 5.92 Å². The van der Waals surface area contributed by atoms with Crippen LogP contribution in [0.5, 0.6) is 0 Å². The van der Waals surface area contributed by atoms with Gasteiger partial charge in [0.2, 0.25) is 0 Å². The number of piperidine rings is 3. The number of nitrogens with one attached hydrogen (secondary N) is 1. The Morgan fingerprint density at radius 3 is 2.69 bits per heavy atom. The summed E-state index contributed by atoms with van der Waals surface area (Å²) in [6, 6.07) is 0.734. The Balaban J connectivity index is 1.53. The molecule has 0 spiro atoms. The smallest absolute Gasteiger partial charge is 0.0591 e. The molecule has 3 fully saturated rings. The molecule has 2 bridgehead atoms. The van der Waals surface area contributed by atoms with Crippen molar-refractivity contribution in [3.05, 3.63) is 0 Å². The van der Waals surface area contributed by atoms with E-state index in [1.54, 1.807) is 0 Å². The van der Waals surface area contributed by atoms with E-state index in [0.29, 0.717) is 0 Å². The van der Waals surface area contributed by atoms with Gasteiger partial charge in [0.15, 0.2) is 0 Å². The van der Waals surface area contributed by atoms with Crippen molar-refractivity contribution in [3.8, 4) is 0 Å². The van der Waals surface area contributed by atoms with E-state index in [9.17, 15) is 0 Å². The summed E-state index contributed by atoms with van der Waals surface area (Å²) in [6.07, 6.45) is 5.22. The van der Waals surface area contributed by atoms with Crippen molar-refractivity contribution in [3.63, 3.8) is 0 Å². The highest BCUT2D eigenvalue weighted by molar-refractivity contribution is 4.90. The molecule has 0 aromatic heterocycles. The molecule has 1 N–H and O–H groups in total. The first-order chi connectivity index (χ1) is 7.90. The molecular formula is C13H26N2O. The van der Waals surface area contributed by atoms with Crippen molar-refractivity contribution in [1.29, 1.82) is 0 Å². The highest BCUT2D eigenvalue weighted by atomic mass is 16.5. The second-order valence-electron chi connectivity index (χ2n) is 5.16. The van der Waals surface area contributed by atoms with Crippen LogP contribution in [-0.2, 0) is 4.74 Å². The number of fused-ring (bicyclic) bond motifs is 3. The van der Waals surface area contributed by atoms with Gasteiger partial charge in [0, 0.05) is 25.7 Å². The molecular weight excluding hydrogens is 200 g/mol. The molecule has 3 aliphatic heterocycles. The highest BCUT2D eigenvalue weighted by Gasteiger charge is 2.33. The van der Waals surface area contributed by atoms with Gasteiger partial charge in [-0.3, -0.25) is 0 Å². The van der Waals surface area contributed by atoms with Crippen molar-refractivity contribution in [2.75, 3.05) is 39.4 Å². The van der Waals surface area contributed by atoms with Gasteiger partial charge in [0.1, 0.15) is 0 Å². The third-order valence-corrected chi connectivity index (χ3v) is 3.95. The third-order valence-electron chi connectivity index (χ3n) is 3.95. The predicted octanol–water partition coefficient (Wildman–Crippen LogP) is 1.49. The maximum Gasteiger partial charge on any atom is 0.0591 e. The molecule has 94 valence electrons. The fraction of sp³-hybridized carbons (Fsp3) is 1.00. The average molecular weight is 226 g/mol. The first-order valence-corrected chi connectivity index (χ1v) is 6.93. The Hall–Kier alpha value is -0.120. The van der Waals surface area contributed by atoms with Crippen LogP contribution in [-0.4, -0.2) is 50.3 Å². The van der Waals surface area contributed by atoms with Gasteiger partial charge in [-0.1, -0.05) is 13.3 Å². The van der Waals surface area contributed by atoms with E-state index in [4.69, 9.17) is 4.74 Å². The first-order valence-electron chi connectivity index (χ1n) is 6.93. The molecule has 16 heavy (non-hydrogen) atoms. The normalized spacial score (nSPS) is 33.2. The van der Waals surface area contributed by atoms with Crippen LogP contribution in [0.3, 0.4) is 0 Å². The zero-order valence-corrected chi connectivity index (χ0v) is 10.6. The number of ether oxygens (including phenoxy) is 1. The molecule has 1 atom stereocenters. The largest absolute Gasteiger partial charge is 0.380 e. The molecule has 1 unspecified atom stereocenters. The maximum atomic E-state index is 5.57. The lowest BCUT2D eigenvalue weighted by Gasteiger charge is -2.45. The Labute approximate surface area is 99.5 Å². The molecule has 3 heterocycles. The topological polar surface area (TPSA) is 24.5 Å². The summed E-state index contributed by atoms with van der Waals surface area (Å²) in [7, 11) is 0. The van der Waals surface area contributed by atoms with Gasteiger partial charge in [0.25, 0.3) is 0 Å². The van der Waals surface area contributed by atoms with Crippen LogP contribution in [0.15, 0.2) is 0 Å². The number of unbranched alkanes of at least 4 members (excludes halogenated alkanes) is 1. The first kappa shape index (κ1) is 12.3. The molecule has 0 radical (unpaired) electrons. The minimum Gasteiger partial charge on any atom is -0.380 e. The monoisotopic (exact) mass is 226 g/mol. The van der Waals surface area contributed by atoms with Gasteiger partial charge in [-0.05, 0) is 38.3 Å². The van der Waals surface area contributed by atoms with Gasteiger partial charge in [0.05, 0.1) is 6.61 Å². The van der Waals surface area contributed by atoms with Crippen molar-refractivity contribution >= 4 is 0 Å². The number of rotatable bonds is 7. The second-order valence-corrected chi connectivity index (χ2v) is 5.16. The zero-order chi connectivity index (χ0) is 11.2. The van der Waals surface area contributed by atoms with E-state index in [0.717, 1.165) is 31.7 Å². The summed E-state index contributed by atoms with van der Waals surface area (Å²) < 4.78 is 5.57. The molecule has 0 amide bonds. The SMILES string of the molecule is CCCCOCCNC1CN2CCC1CC2. The quantitative estimate of drug-likeness (QED) is 0.666. The van der Waals surface area contributed by atoms with E-state index in [1.807, 2.05) is 0 Å². The predicted molar refractivity (Wildman–Crippen MR) is 66.7 cm³/mol. The lowest BCUT2D eigenvalue weighted by molar-refractivity contribution is 0.0645. The van der Waals surface area contributed by atoms with Crippen LogP contribution < -0.4 is 5.32 Å². The Kier molecular flexibility index (Phi) is 5.07. The van der Waals surface area contributed by atoms with Crippen LogP contribution in [0.4, 0.5) is 0 Å². The summed E-state index contributed by atoms with van der Waals surface area (Å²) >= 11 is 0. The molecule has 3 rings (SSSR count). The van der Waals surface area contributed by atoms with Gasteiger partial charge >= 0.3 is 0 Å². The van der Waals surface area contributed by atoms with Gasteiger partial charge in [-0.25, -0.2) is 0 Å². The van der Waals surface area contributed by atoms with E-state index in [2.05, 4.69) is 17.1 Å². The summed E-state index contributed by atoms with van der Waals surface area (Å²) in [5, 5.41) is 3.66. The fourth-order valence-electron chi connectivity index (χ4n) is 2.86. The highest BCUT2D eigenvalue weighted by Crippen LogP contribution is 2.27. The molecule has 3 saturated heterocycles. The zero-order valence-electron chi connectivity index (χ0n) is 10.6. The molecule has 0 saturated carbocycles.